The van der Waals surface area contributed by atoms with Crippen LogP contribution in [0.1, 0.15) is 6.92 Å². The normalized spacial score (nSPS) is 10.8. The summed E-state index contributed by atoms with van der Waals surface area (Å²) in [6, 6.07) is 19.0. The molecular weight excluding hydrogens is 234 g/mol. The molecule has 0 amide bonds. The van der Waals surface area contributed by atoms with Gasteiger partial charge in [-0.1, -0.05) is 30.3 Å². The fourth-order valence-corrected chi connectivity index (χ4v) is 2.56. The Hall–Kier alpha value is -2.22. The van der Waals surface area contributed by atoms with Crippen molar-refractivity contribution in [2.45, 2.75) is 13.5 Å². The molecule has 3 rings (SSSR count). The fraction of sp³-hybridized carbons (Fsp3) is 0.176. The molecule has 0 aliphatic carbocycles. The van der Waals surface area contributed by atoms with Crippen LogP contribution in [0.3, 0.4) is 0 Å². The predicted octanol–water partition coefficient (Wildman–Crippen LogP) is 4.34. The summed E-state index contributed by atoms with van der Waals surface area (Å²) < 4.78 is 7.64. The zero-order valence-electron chi connectivity index (χ0n) is 11.3. The quantitative estimate of drug-likeness (QED) is 0.675. The Bertz CT molecular complexity index is 698. The minimum Gasteiger partial charge on any atom is -0.497 e. The van der Waals surface area contributed by atoms with Crippen LogP contribution in [0.25, 0.3) is 22.2 Å². The average molecular weight is 251 g/mol. The van der Waals surface area contributed by atoms with Crippen molar-refractivity contribution in [2.24, 2.45) is 0 Å². The summed E-state index contributed by atoms with van der Waals surface area (Å²) >= 11 is 0. The lowest BCUT2D eigenvalue weighted by atomic mass is 10.1. The Morgan fingerprint density at radius 1 is 1.00 bits per heavy atom. The number of hydrogen-bond donors (Lipinski definition) is 0. The van der Waals surface area contributed by atoms with Crippen LogP contribution in [-0.2, 0) is 6.54 Å². The number of methoxy groups -OCH3 is 1. The van der Waals surface area contributed by atoms with E-state index < -0.39 is 0 Å². The van der Waals surface area contributed by atoms with Crippen molar-refractivity contribution in [1.82, 2.24) is 4.57 Å². The number of hydrogen-bond acceptors (Lipinski definition) is 1. The zero-order valence-corrected chi connectivity index (χ0v) is 11.3. The summed E-state index contributed by atoms with van der Waals surface area (Å²) in [5.41, 5.74) is 3.76. The summed E-state index contributed by atoms with van der Waals surface area (Å²) in [6.07, 6.45) is 0. The third-order valence-corrected chi connectivity index (χ3v) is 3.49. The zero-order chi connectivity index (χ0) is 13.2. The van der Waals surface area contributed by atoms with E-state index in [1.807, 2.05) is 12.1 Å². The molecule has 96 valence electrons. The summed E-state index contributed by atoms with van der Waals surface area (Å²) in [5.74, 6) is 0.903. The SMILES string of the molecule is CCn1c(-c2ccccc2)cc2cc(OC)ccc21. The second kappa shape index (κ2) is 4.81. The summed E-state index contributed by atoms with van der Waals surface area (Å²) in [4.78, 5) is 0. The first kappa shape index (κ1) is 11.8. The third-order valence-electron chi connectivity index (χ3n) is 3.49. The Balaban J connectivity index is 2.25. The van der Waals surface area contributed by atoms with E-state index in [0.717, 1.165) is 12.3 Å². The van der Waals surface area contributed by atoms with Crippen LogP contribution in [0.15, 0.2) is 54.6 Å². The first-order chi connectivity index (χ1) is 9.33. The van der Waals surface area contributed by atoms with E-state index in [1.165, 1.54) is 22.2 Å². The van der Waals surface area contributed by atoms with E-state index in [9.17, 15) is 0 Å². The van der Waals surface area contributed by atoms with Crippen molar-refractivity contribution < 1.29 is 4.74 Å². The Kier molecular flexibility index (Phi) is 3.00. The second-order valence-corrected chi connectivity index (χ2v) is 4.56. The molecular formula is C17H17NO. The van der Waals surface area contributed by atoms with Gasteiger partial charge in [-0.25, -0.2) is 0 Å². The van der Waals surface area contributed by atoms with Gasteiger partial charge < -0.3 is 9.30 Å². The van der Waals surface area contributed by atoms with Gasteiger partial charge in [0.15, 0.2) is 0 Å². The van der Waals surface area contributed by atoms with Crippen molar-refractivity contribution in [3.8, 4) is 17.0 Å². The molecule has 0 saturated carbocycles. The molecule has 1 heterocycles. The minimum atomic E-state index is 0.903. The molecule has 0 saturated heterocycles. The van der Waals surface area contributed by atoms with Crippen LogP contribution in [0.5, 0.6) is 5.75 Å². The lowest BCUT2D eigenvalue weighted by Crippen LogP contribution is -1.96. The minimum absolute atomic E-state index is 0.903. The van der Waals surface area contributed by atoms with Gasteiger partial charge in [0.25, 0.3) is 0 Å². The standard InChI is InChI=1S/C17H17NO/c1-3-18-16-10-9-15(19-2)11-14(16)12-17(18)13-7-5-4-6-8-13/h4-12H,3H2,1-2H3. The molecule has 0 N–H and O–H groups in total. The van der Waals surface area contributed by atoms with Crippen LogP contribution < -0.4 is 4.74 Å². The number of nitrogens with zero attached hydrogens (tertiary/aromatic N) is 1. The van der Waals surface area contributed by atoms with Crippen LogP contribution in [0.4, 0.5) is 0 Å². The molecule has 3 aromatic rings. The number of fused-ring (bicyclic) bond motifs is 1. The molecule has 0 atom stereocenters. The van der Waals surface area contributed by atoms with Crippen LogP contribution in [-0.4, -0.2) is 11.7 Å². The number of ether oxygens (including phenoxy) is 1. The lowest BCUT2D eigenvalue weighted by Gasteiger charge is -2.08. The van der Waals surface area contributed by atoms with Crippen LogP contribution >= 0.6 is 0 Å². The topological polar surface area (TPSA) is 14.2 Å². The molecule has 0 aliphatic heterocycles. The van der Waals surface area contributed by atoms with Crippen LogP contribution in [0.2, 0.25) is 0 Å². The molecule has 0 spiro atoms. The Morgan fingerprint density at radius 2 is 1.79 bits per heavy atom. The van der Waals surface area contributed by atoms with Gasteiger partial charge >= 0.3 is 0 Å². The predicted molar refractivity (Wildman–Crippen MR) is 79.6 cm³/mol. The Morgan fingerprint density at radius 3 is 2.47 bits per heavy atom. The lowest BCUT2D eigenvalue weighted by molar-refractivity contribution is 0.415. The van der Waals surface area contributed by atoms with Gasteiger partial charge in [-0.3, -0.25) is 0 Å². The molecule has 19 heavy (non-hydrogen) atoms. The summed E-state index contributed by atoms with van der Waals surface area (Å²) in [5, 5.41) is 1.22. The van der Waals surface area contributed by atoms with Crippen molar-refractivity contribution in [2.75, 3.05) is 7.11 Å². The van der Waals surface area contributed by atoms with Gasteiger partial charge in [0.2, 0.25) is 0 Å². The summed E-state index contributed by atoms with van der Waals surface area (Å²) in [7, 11) is 1.70. The second-order valence-electron chi connectivity index (χ2n) is 4.56. The molecule has 0 aliphatic rings. The highest BCUT2D eigenvalue weighted by Gasteiger charge is 2.09. The number of benzene rings is 2. The molecule has 2 nitrogen and oxygen atoms in total. The van der Waals surface area contributed by atoms with Gasteiger partial charge in [-0.15, -0.1) is 0 Å². The van der Waals surface area contributed by atoms with E-state index >= 15 is 0 Å². The molecule has 2 heteroatoms. The average Bonchev–Trinajstić information content (AvgIpc) is 2.85. The van der Waals surface area contributed by atoms with Gasteiger partial charge in [0.1, 0.15) is 5.75 Å². The Labute approximate surface area is 113 Å². The monoisotopic (exact) mass is 251 g/mol. The van der Waals surface area contributed by atoms with Crippen LogP contribution in [0, 0.1) is 0 Å². The molecule has 0 fully saturated rings. The highest BCUT2D eigenvalue weighted by Crippen LogP contribution is 2.30. The molecule has 1 aromatic heterocycles. The van der Waals surface area contributed by atoms with Crippen molar-refractivity contribution in [1.29, 1.82) is 0 Å². The highest BCUT2D eigenvalue weighted by atomic mass is 16.5. The van der Waals surface area contributed by atoms with Crippen molar-refractivity contribution in [3.63, 3.8) is 0 Å². The van der Waals surface area contributed by atoms with E-state index in [2.05, 4.69) is 54.0 Å². The number of aryl methyl sites for hydroxylation is 1. The molecule has 0 radical (unpaired) electrons. The maximum absolute atomic E-state index is 5.30. The van der Waals surface area contributed by atoms with Gasteiger partial charge in [-0.2, -0.15) is 0 Å². The fourth-order valence-electron chi connectivity index (χ4n) is 2.56. The molecule has 2 aromatic carbocycles. The van der Waals surface area contributed by atoms with Gasteiger partial charge in [0.05, 0.1) is 7.11 Å². The smallest absolute Gasteiger partial charge is 0.119 e. The third kappa shape index (κ3) is 1.99. The largest absolute Gasteiger partial charge is 0.497 e. The van der Waals surface area contributed by atoms with Crippen molar-refractivity contribution >= 4 is 10.9 Å². The van der Waals surface area contributed by atoms with E-state index in [-0.39, 0.29) is 0 Å². The van der Waals surface area contributed by atoms with E-state index in [4.69, 9.17) is 4.74 Å². The highest BCUT2D eigenvalue weighted by molar-refractivity contribution is 5.88. The van der Waals surface area contributed by atoms with Crippen molar-refractivity contribution in [3.05, 3.63) is 54.6 Å². The maximum atomic E-state index is 5.30. The van der Waals surface area contributed by atoms with E-state index in [1.54, 1.807) is 7.11 Å². The summed E-state index contributed by atoms with van der Waals surface area (Å²) in [6.45, 7) is 3.14. The molecule has 0 bridgehead atoms. The first-order valence-electron chi connectivity index (χ1n) is 6.56. The van der Waals surface area contributed by atoms with E-state index in [0.29, 0.717) is 0 Å². The number of rotatable bonds is 3. The number of aromatic nitrogens is 1. The maximum Gasteiger partial charge on any atom is 0.119 e. The van der Waals surface area contributed by atoms with Gasteiger partial charge in [0, 0.05) is 23.1 Å². The van der Waals surface area contributed by atoms with Gasteiger partial charge in [-0.05, 0) is 36.8 Å². The first-order valence-corrected chi connectivity index (χ1v) is 6.56. The molecule has 0 unspecified atom stereocenters.